The first-order chi connectivity index (χ1) is 8.58. The van der Waals surface area contributed by atoms with Crippen LogP contribution in [0.1, 0.15) is 51.4 Å². The molecule has 0 radical (unpaired) electrons. The van der Waals surface area contributed by atoms with Crippen LogP contribution in [0.25, 0.3) is 0 Å². The van der Waals surface area contributed by atoms with Gasteiger partial charge in [-0.25, -0.2) is 0 Å². The summed E-state index contributed by atoms with van der Waals surface area (Å²) >= 11 is 0. The van der Waals surface area contributed by atoms with Crippen LogP contribution >= 0.6 is 0 Å². The topological polar surface area (TPSA) is 32.7 Å². The Hall–Kier alpha value is 0.00987. The van der Waals surface area contributed by atoms with Gasteiger partial charge in [0, 0.05) is 6.42 Å². The second kappa shape index (κ2) is 5.98. The van der Waals surface area contributed by atoms with E-state index in [2.05, 4.69) is 20.6 Å². The van der Waals surface area contributed by atoms with Gasteiger partial charge in [0.05, 0.1) is 17.8 Å². The fraction of sp³-hybridized carbons (Fsp3) is 1.00. The van der Waals surface area contributed by atoms with E-state index in [-0.39, 0.29) is 5.60 Å². The minimum Gasteiger partial charge on any atom is -0.390 e. The third-order valence-electron chi connectivity index (χ3n) is 4.89. The Morgan fingerprint density at radius 1 is 1.17 bits per heavy atom. The van der Waals surface area contributed by atoms with E-state index in [1.54, 1.807) is 0 Å². The van der Waals surface area contributed by atoms with E-state index in [0.29, 0.717) is 0 Å². The third kappa shape index (κ3) is 3.52. The van der Waals surface area contributed by atoms with E-state index in [0.717, 1.165) is 51.7 Å². The molecule has 0 aromatic carbocycles. The number of ether oxygens (including phenoxy) is 1. The van der Waals surface area contributed by atoms with Gasteiger partial charge in [-0.3, -0.25) is 0 Å². The van der Waals surface area contributed by atoms with Gasteiger partial charge in [0.2, 0.25) is 0 Å². The van der Waals surface area contributed by atoms with E-state index in [9.17, 15) is 5.11 Å². The molecular formula is C13H27B2NO2. The predicted octanol–water partition coefficient (Wildman–Crippen LogP) is 0.0616. The van der Waals surface area contributed by atoms with Crippen molar-refractivity contribution >= 4 is 15.8 Å². The molecule has 1 saturated heterocycles. The summed E-state index contributed by atoms with van der Waals surface area (Å²) in [5.41, 5.74) is -0.477. The highest BCUT2D eigenvalue weighted by molar-refractivity contribution is 6.14. The summed E-state index contributed by atoms with van der Waals surface area (Å²) in [7, 11) is 4.29. The molecule has 102 valence electrons. The Kier molecular flexibility index (Phi) is 4.79. The zero-order valence-electron chi connectivity index (χ0n) is 12.1. The molecular weight excluding hydrogens is 224 g/mol. The molecule has 0 aromatic rings. The van der Waals surface area contributed by atoms with Gasteiger partial charge in [0.15, 0.2) is 7.98 Å². The van der Waals surface area contributed by atoms with Gasteiger partial charge < -0.3 is 14.7 Å². The largest absolute Gasteiger partial charge is 0.390 e. The van der Waals surface area contributed by atoms with Crippen molar-refractivity contribution in [1.82, 2.24) is 4.81 Å². The quantitative estimate of drug-likeness (QED) is 0.717. The summed E-state index contributed by atoms with van der Waals surface area (Å²) in [5, 5.41) is 10.8. The monoisotopic (exact) mass is 251 g/mol. The SMILES string of the molecule is BCN(B)CCC1(O)CCOC2(CCCCC2)C1. The minimum absolute atomic E-state index is 0.00996. The smallest absolute Gasteiger partial charge is 0.184 e. The Bertz CT molecular complexity index is 266. The molecule has 2 aliphatic rings. The van der Waals surface area contributed by atoms with Gasteiger partial charge in [0.25, 0.3) is 0 Å². The van der Waals surface area contributed by atoms with Crippen LogP contribution in [0.3, 0.4) is 0 Å². The van der Waals surface area contributed by atoms with Crippen molar-refractivity contribution < 1.29 is 9.84 Å². The molecule has 0 aromatic heterocycles. The zero-order chi connectivity index (χ0) is 13.1. The summed E-state index contributed by atoms with van der Waals surface area (Å²) < 4.78 is 6.06. The molecule has 3 nitrogen and oxygen atoms in total. The van der Waals surface area contributed by atoms with Gasteiger partial charge in [0.1, 0.15) is 7.85 Å². The van der Waals surface area contributed by atoms with Crippen LogP contribution in [0.4, 0.5) is 0 Å². The van der Waals surface area contributed by atoms with Crippen molar-refractivity contribution in [3.63, 3.8) is 0 Å². The van der Waals surface area contributed by atoms with E-state index in [4.69, 9.17) is 4.74 Å². The minimum atomic E-state index is -0.487. The van der Waals surface area contributed by atoms with Crippen LogP contribution in [-0.4, -0.2) is 56.5 Å². The zero-order valence-corrected chi connectivity index (χ0v) is 12.1. The van der Waals surface area contributed by atoms with Crippen molar-refractivity contribution in [2.45, 2.75) is 62.6 Å². The molecule has 2 rings (SSSR count). The molecule has 1 unspecified atom stereocenters. The second-order valence-corrected chi connectivity index (χ2v) is 6.39. The Labute approximate surface area is 113 Å². The van der Waals surface area contributed by atoms with Crippen LogP contribution in [0.5, 0.6) is 0 Å². The molecule has 5 heteroatoms. The summed E-state index contributed by atoms with van der Waals surface area (Å²) in [5.74, 6) is 0. The van der Waals surface area contributed by atoms with Crippen molar-refractivity contribution in [2.24, 2.45) is 0 Å². The number of hydrogen-bond donors (Lipinski definition) is 1. The molecule has 1 heterocycles. The van der Waals surface area contributed by atoms with Gasteiger partial charge in [-0.2, -0.15) is 0 Å². The maximum absolute atomic E-state index is 10.8. The Balaban J connectivity index is 1.91. The normalized spacial score (nSPS) is 31.9. The van der Waals surface area contributed by atoms with Crippen LogP contribution in [0.2, 0.25) is 0 Å². The van der Waals surface area contributed by atoms with Gasteiger partial charge >= 0.3 is 0 Å². The Morgan fingerprint density at radius 2 is 1.89 bits per heavy atom. The first-order valence-electron chi connectivity index (χ1n) is 7.62. The van der Waals surface area contributed by atoms with Crippen LogP contribution in [0, 0.1) is 0 Å². The number of hydrogen-bond acceptors (Lipinski definition) is 3. The standard InChI is InChI=1S/C13H27B2NO2/c14-11-16(15)8-6-12(17)7-9-18-13(10-12)4-2-1-3-5-13/h17H,1-11,14-15H2. The van der Waals surface area contributed by atoms with Gasteiger partial charge in [-0.05, 0) is 38.7 Å². The highest BCUT2D eigenvalue weighted by Crippen LogP contribution is 2.43. The van der Waals surface area contributed by atoms with Crippen LogP contribution in [-0.2, 0) is 4.74 Å². The lowest BCUT2D eigenvalue weighted by atomic mass is 9.73. The lowest BCUT2D eigenvalue weighted by Gasteiger charge is -2.47. The molecule has 1 atom stereocenters. The second-order valence-electron chi connectivity index (χ2n) is 6.39. The molecule has 18 heavy (non-hydrogen) atoms. The first-order valence-corrected chi connectivity index (χ1v) is 7.62. The molecule has 1 N–H and O–H groups in total. The highest BCUT2D eigenvalue weighted by Gasteiger charge is 2.44. The average molecular weight is 251 g/mol. The van der Waals surface area contributed by atoms with E-state index in [1.165, 1.54) is 19.3 Å². The summed E-state index contributed by atoms with van der Waals surface area (Å²) in [4.78, 5) is 2.28. The fourth-order valence-corrected chi connectivity index (χ4v) is 3.48. The molecule has 0 amide bonds. The van der Waals surface area contributed by atoms with E-state index in [1.807, 2.05) is 0 Å². The summed E-state index contributed by atoms with van der Waals surface area (Å²) in [6.45, 7) is 1.73. The molecule has 2 fully saturated rings. The van der Waals surface area contributed by atoms with E-state index >= 15 is 0 Å². The van der Waals surface area contributed by atoms with Gasteiger partial charge in [-0.15, -0.1) is 0 Å². The van der Waals surface area contributed by atoms with Crippen LogP contribution < -0.4 is 0 Å². The molecule has 1 aliphatic carbocycles. The Morgan fingerprint density at radius 3 is 2.56 bits per heavy atom. The van der Waals surface area contributed by atoms with Crippen molar-refractivity contribution in [2.75, 3.05) is 19.6 Å². The predicted molar refractivity (Wildman–Crippen MR) is 79.2 cm³/mol. The third-order valence-corrected chi connectivity index (χ3v) is 4.89. The number of rotatable bonds is 4. The van der Waals surface area contributed by atoms with Crippen molar-refractivity contribution in [1.29, 1.82) is 0 Å². The molecule has 1 spiro atoms. The summed E-state index contributed by atoms with van der Waals surface area (Å²) in [6.07, 6.45) is 9.79. The molecule has 1 saturated carbocycles. The van der Waals surface area contributed by atoms with Crippen molar-refractivity contribution in [3.05, 3.63) is 0 Å². The molecule has 0 bridgehead atoms. The lowest BCUT2D eigenvalue weighted by Crippen LogP contribution is -2.51. The number of aliphatic hydroxyl groups is 1. The average Bonchev–Trinajstić information content (AvgIpc) is 2.37. The first kappa shape index (κ1) is 14.4. The van der Waals surface area contributed by atoms with Crippen LogP contribution in [0.15, 0.2) is 0 Å². The maximum atomic E-state index is 10.8. The molecule has 1 aliphatic heterocycles. The van der Waals surface area contributed by atoms with Gasteiger partial charge in [-0.1, -0.05) is 19.3 Å². The summed E-state index contributed by atoms with van der Waals surface area (Å²) in [6, 6.07) is 0. The fourth-order valence-electron chi connectivity index (χ4n) is 3.48. The maximum Gasteiger partial charge on any atom is 0.184 e. The lowest BCUT2D eigenvalue weighted by molar-refractivity contribution is -0.175. The van der Waals surface area contributed by atoms with Crippen molar-refractivity contribution in [3.8, 4) is 0 Å². The highest BCUT2D eigenvalue weighted by atomic mass is 16.5. The number of nitrogens with zero attached hydrogens (tertiary/aromatic N) is 1. The van der Waals surface area contributed by atoms with E-state index < -0.39 is 5.60 Å².